The van der Waals surface area contributed by atoms with Gasteiger partial charge in [-0.15, -0.1) is 5.10 Å². The van der Waals surface area contributed by atoms with Crippen molar-refractivity contribution in [3.05, 3.63) is 5.82 Å². The van der Waals surface area contributed by atoms with Gasteiger partial charge in [-0.05, 0) is 29.8 Å². The molecule has 1 aromatic heterocycles. The van der Waals surface area contributed by atoms with Gasteiger partial charge in [0.15, 0.2) is 5.82 Å². The zero-order valence-corrected chi connectivity index (χ0v) is 8.31. The van der Waals surface area contributed by atoms with Crippen molar-refractivity contribution in [3.8, 4) is 0 Å². The van der Waals surface area contributed by atoms with Crippen LogP contribution in [0.3, 0.4) is 0 Å². The molecule has 1 fully saturated rings. The number of rotatable bonds is 3. The molecule has 0 radical (unpaired) electrons. The van der Waals surface area contributed by atoms with Crippen molar-refractivity contribution in [1.29, 1.82) is 0 Å². The van der Waals surface area contributed by atoms with Gasteiger partial charge in [-0.25, -0.2) is 4.68 Å². The number of aromatic nitrogens is 4. The maximum absolute atomic E-state index is 5.02. The molecular weight excluding hydrogens is 182 g/mol. The maximum atomic E-state index is 5.02. The fourth-order valence-corrected chi connectivity index (χ4v) is 1.79. The van der Waals surface area contributed by atoms with Gasteiger partial charge < -0.3 is 10.1 Å². The molecule has 0 amide bonds. The summed E-state index contributed by atoms with van der Waals surface area (Å²) in [6, 6.07) is 0. The zero-order valence-electron chi connectivity index (χ0n) is 8.31. The van der Waals surface area contributed by atoms with Crippen LogP contribution in [0.5, 0.6) is 0 Å². The maximum Gasteiger partial charge on any atom is 0.158 e. The molecule has 2 heterocycles. The Morgan fingerprint density at radius 2 is 2.57 bits per heavy atom. The van der Waals surface area contributed by atoms with Crippen molar-refractivity contribution in [2.45, 2.75) is 25.5 Å². The second-order valence-electron chi connectivity index (χ2n) is 3.50. The Morgan fingerprint density at radius 1 is 1.64 bits per heavy atom. The van der Waals surface area contributed by atoms with Gasteiger partial charge >= 0.3 is 0 Å². The normalized spacial score (nSPS) is 22.5. The van der Waals surface area contributed by atoms with Crippen molar-refractivity contribution in [2.24, 2.45) is 0 Å². The highest BCUT2D eigenvalue weighted by Crippen LogP contribution is 2.20. The molecule has 0 bridgehead atoms. The summed E-state index contributed by atoms with van der Waals surface area (Å²) in [4.78, 5) is 0. The Balaban J connectivity index is 2.09. The molecule has 78 valence electrons. The van der Waals surface area contributed by atoms with Gasteiger partial charge in [-0.2, -0.15) is 0 Å². The largest absolute Gasteiger partial charge is 0.362 e. The minimum atomic E-state index is 0.425. The molecule has 1 aromatic rings. The smallest absolute Gasteiger partial charge is 0.158 e. The number of hydrogen-bond donors (Lipinski definition) is 1. The third-order valence-electron chi connectivity index (χ3n) is 2.47. The Hall–Kier alpha value is -1.01. The third-order valence-corrected chi connectivity index (χ3v) is 2.47. The molecule has 1 N–H and O–H groups in total. The van der Waals surface area contributed by atoms with E-state index in [1.165, 1.54) is 6.42 Å². The minimum Gasteiger partial charge on any atom is -0.362 e. The first kappa shape index (κ1) is 9.54. The minimum absolute atomic E-state index is 0.425. The molecule has 1 unspecified atom stereocenters. The van der Waals surface area contributed by atoms with E-state index in [-0.39, 0.29) is 0 Å². The van der Waals surface area contributed by atoms with Gasteiger partial charge in [0.2, 0.25) is 0 Å². The average molecular weight is 197 g/mol. The van der Waals surface area contributed by atoms with Crippen LogP contribution in [-0.2, 0) is 11.5 Å². The summed E-state index contributed by atoms with van der Waals surface area (Å²) in [6.07, 6.45) is 2.33. The Morgan fingerprint density at radius 3 is 3.29 bits per heavy atom. The quantitative estimate of drug-likeness (QED) is 0.723. The van der Waals surface area contributed by atoms with Gasteiger partial charge in [0.05, 0.1) is 0 Å². The molecule has 0 aliphatic carbocycles. The summed E-state index contributed by atoms with van der Waals surface area (Å²) in [7, 11) is 1.64. The predicted octanol–water partition coefficient (Wildman–Crippen LogP) is -0.256. The lowest BCUT2D eigenvalue weighted by Crippen LogP contribution is -2.30. The summed E-state index contributed by atoms with van der Waals surface area (Å²) >= 11 is 0. The van der Waals surface area contributed by atoms with Crippen LogP contribution in [0.2, 0.25) is 0 Å². The molecule has 0 spiro atoms. The molecule has 6 nitrogen and oxygen atoms in total. The Labute approximate surface area is 82.6 Å². The van der Waals surface area contributed by atoms with E-state index in [1.807, 2.05) is 0 Å². The van der Waals surface area contributed by atoms with Crippen LogP contribution in [-0.4, -0.2) is 40.4 Å². The highest BCUT2D eigenvalue weighted by Gasteiger charge is 2.21. The molecule has 1 aliphatic heterocycles. The molecule has 14 heavy (non-hydrogen) atoms. The highest BCUT2D eigenvalue weighted by atomic mass is 16.5. The summed E-state index contributed by atoms with van der Waals surface area (Å²) in [6.45, 7) is 2.49. The van der Waals surface area contributed by atoms with Crippen LogP contribution < -0.4 is 5.32 Å². The number of ether oxygens (including phenoxy) is 1. The van der Waals surface area contributed by atoms with E-state index in [2.05, 4.69) is 20.8 Å². The second-order valence-corrected chi connectivity index (χ2v) is 3.50. The average Bonchev–Trinajstić information content (AvgIpc) is 2.68. The van der Waals surface area contributed by atoms with E-state index in [4.69, 9.17) is 4.74 Å². The lowest BCUT2D eigenvalue weighted by Gasteiger charge is -2.21. The first-order valence-corrected chi connectivity index (χ1v) is 4.87. The molecular formula is C8H15N5O. The van der Waals surface area contributed by atoms with Crippen LogP contribution in [0.25, 0.3) is 0 Å². The Bertz CT molecular complexity index is 281. The van der Waals surface area contributed by atoms with Gasteiger partial charge in [0.1, 0.15) is 6.73 Å². The summed E-state index contributed by atoms with van der Waals surface area (Å²) in [5.74, 6) is 1.35. The molecule has 1 saturated heterocycles. The first-order valence-electron chi connectivity index (χ1n) is 4.87. The van der Waals surface area contributed by atoms with E-state index in [1.54, 1.807) is 11.8 Å². The van der Waals surface area contributed by atoms with Crippen LogP contribution in [0, 0.1) is 0 Å². The monoisotopic (exact) mass is 197 g/mol. The van der Waals surface area contributed by atoms with E-state index < -0.39 is 0 Å². The van der Waals surface area contributed by atoms with E-state index in [9.17, 15) is 0 Å². The predicted molar refractivity (Wildman–Crippen MR) is 49.7 cm³/mol. The number of hydrogen-bond acceptors (Lipinski definition) is 5. The van der Waals surface area contributed by atoms with Gasteiger partial charge in [-0.3, -0.25) is 0 Å². The van der Waals surface area contributed by atoms with Gasteiger partial charge in [0, 0.05) is 19.6 Å². The van der Waals surface area contributed by atoms with Crippen LogP contribution >= 0.6 is 0 Å². The molecule has 6 heteroatoms. The third kappa shape index (κ3) is 1.91. The molecule has 1 aliphatic rings. The lowest BCUT2D eigenvalue weighted by atomic mass is 9.99. The van der Waals surface area contributed by atoms with Crippen molar-refractivity contribution >= 4 is 0 Å². The first-order chi connectivity index (χ1) is 6.92. The fourth-order valence-electron chi connectivity index (χ4n) is 1.79. The SMILES string of the molecule is COCn1nnnc1C1CCCNC1. The number of nitrogens with one attached hydrogen (secondary N) is 1. The highest BCUT2D eigenvalue weighted by molar-refractivity contribution is 4.96. The van der Waals surface area contributed by atoms with Gasteiger partial charge in [0.25, 0.3) is 0 Å². The van der Waals surface area contributed by atoms with Crippen molar-refractivity contribution in [1.82, 2.24) is 25.5 Å². The molecule has 2 rings (SSSR count). The van der Waals surface area contributed by atoms with Gasteiger partial charge in [-0.1, -0.05) is 0 Å². The van der Waals surface area contributed by atoms with Crippen molar-refractivity contribution < 1.29 is 4.74 Å². The van der Waals surface area contributed by atoms with E-state index in [0.717, 1.165) is 25.3 Å². The fraction of sp³-hybridized carbons (Fsp3) is 0.875. The van der Waals surface area contributed by atoms with Crippen LogP contribution in [0.15, 0.2) is 0 Å². The lowest BCUT2D eigenvalue weighted by molar-refractivity contribution is 0.114. The molecule has 1 atom stereocenters. The summed E-state index contributed by atoms with van der Waals surface area (Å²) in [5, 5.41) is 14.9. The molecule has 0 saturated carbocycles. The number of methoxy groups -OCH3 is 1. The van der Waals surface area contributed by atoms with E-state index >= 15 is 0 Å². The van der Waals surface area contributed by atoms with Crippen LogP contribution in [0.1, 0.15) is 24.6 Å². The second kappa shape index (κ2) is 4.47. The van der Waals surface area contributed by atoms with E-state index in [0.29, 0.717) is 12.6 Å². The number of piperidine rings is 1. The van der Waals surface area contributed by atoms with Crippen molar-refractivity contribution in [2.75, 3.05) is 20.2 Å². The topological polar surface area (TPSA) is 64.9 Å². The zero-order chi connectivity index (χ0) is 9.80. The molecule has 0 aromatic carbocycles. The summed E-state index contributed by atoms with van der Waals surface area (Å²) in [5.41, 5.74) is 0. The number of nitrogens with zero attached hydrogens (tertiary/aromatic N) is 4. The summed E-state index contributed by atoms with van der Waals surface area (Å²) < 4.78 is 6.74. The Kier molecular flexibility index (Phi) is 3.05. The van der Waals surface area contributed by atoms with Crippen molar-refractivity contribution in [3.63, 3.8) is 0 Å². The number of tetrazole rings is 1. The standard InChI is InChI=1S/C8H15N5O/c1-14-6-13-8(10-11-12-13)7-3-2-4-9-5-7/h7,9H,2-6H2,1H3. The van der Waals surface area contributed by atoms with Crippen LogP contribution in [0.4, 0.5) is 0 Å².